The Kier molecular flexibility index (Phi) is 4.75. The lowest BCUT2D eigenvalue weighted by molar-refractivity contribution is 0.0948. The molecule has 1 amide bonds. The molecule has 1 atom stereocenters. The summed E-state index contributed by atoms with van der Waals surface area (Å²) in [5.74, 6) is -0.329. The maximum absolute atomic E-state index is 12.3. The Morgan fingerprint density at radius 2 is 2.05 bits per heavy atom. The van der Waals surface area contributed by atoms with Gasteiger partial charge in [0.15, 0.2) is 0 Å². The Balaban J connectivity index is 2.29. The summed E-state index contributed by atoms with van der Waals surface area (Å²) in [6.45, 7) is 7.13. The molecule has 0 fully saturated rings. The number of hydrogen-bond acceptors (Lipinski definition) is 3. The van der Waals surface area contributed by atoms with E-state index in [0.29, 0.717) is 12.1 Å². The highest BCUT2D eigenvalue weighted by Crippen LogP contribution is 2.16. The molecule has 2 rings (SSSR count). The molecule has 0 spiro atoms. The number of rotatable bonds is 5. The van der Waals surface area contributed by atoms with Crippen molar-refractivity contribution in [2.24, 2.45) is 0 Å². The van der Waals surface area contributed by atoms with E-state index in [2.05, 4.69) is 15.6 Å². The summed E-state index contributed by atoms with van der Waals surface area (Å²) in [5.41, 5.74) is 1.30. The molecular weight excluding hydrogens is 266 g/mol. The number of para-hydroxylation sites is 1. The van der Waals surface area contributed by atoms with Crippen LogP contribution in [0.1, 0.15) is 29.8 Å². The number of fused-ring (bicyclic) bond motifs is 1. The largest absolute Gasteiger partial charge is 0.350 e. The minimum absolute atomic E-state index is 0.166. The number of carbonyl (C=O) groups is 1. The number of aryl methyl sites for hydroxylation is 1. The molecule has 0 aliphatic heterocycles. The molecule has 3 N–H and O–H groups in total. The molecule has 1 aromatic heterocycles. The van der Waals surface area contributed by atoms with E-state index in [0.717, 1.165) is 17.4 Å². The van der Waals surface area contributed by atoms with Gasteiger partial charge in [-0.2, -0.15) is 0 Å². The zero-order valence-corrected chi connectivity index (χ0v) is 12.6. The molecule has 21 heavy (non-hydrogen) atoms. The van der Waals surface area contributed by atoms with Gasteiger partial charge in [-0.1, -0.05) is 25.1 Å². The fourth-order valence-electron chi connectivity index (χ4n) is 2.44. The van der Waals surface area contributed by atoms with Crippen LogP contribution in [0.3, 0.4) is 0 Å². The smallest absolute Gasteiger partial charge is 0.261 e. The van der Waals surface area contributed by atoms with Crippen LogP contribution in [0.25, 0.3) is 10.9 Å². The van der Waals surface area contributed by atoms with Crippen LogP contribution in [0.2, 0.25) is 0 Å². The van der Waals surface area contributed by atoms with E-state index >= 15 is 0 Å². The van der Waals surface area contributed by atoms with Crippen molar-refractivity contribution in [1.82, 2.24) is 15.6 Å². The molecule has 0 aliphatic carbocycles. The Labute approximate surface area is 123 Å². The van der Waals surface area contributed by atoms with E-state index in [1.54, 1.807) is 6.92 Å². The van der Waals surface area contributed by atoms with Crippen LogP contribution in [0.4, 0.5) is 0 Å². The van der Waals surface area contributed by atoms with Gasteiger partial charge in [-0.15, -0.1) is 0 Å². The van der Waals surface area contributed by atoms with Crippen molar-refractivity contribution in [2.75, 3.05) is 13.1 Å². The first-order valence-electron chi connectivity index (χ1n) is 7.17. The summed E-state index contributed by atoms with van der Waals surface area (Å²) < 4.78 is 0. The van der Waals surface area contributed by atoms with Gasteiger partial charge in [0.2, 0.25) is 0 Å². The predicted octanol–water partition coefficient (Wildman–Crippen LogP) is 1.56. The van der Waals surface area contributed by atoms with Gasteiger partial charge in [0.25, 0.3) is 11.5 Å². The van der Waals surface area contributed by atoms with Gasteiger partial charge >= 0.3 is 0 Å². The van der Waals surface area contributed by atoms with Gasteiger partial charge < -0.3 is 15.6 Å². The van der Waals surface area contributed by atoms with Crippen LogP contribution in [-0.4, -0.2) is 30.0 Å². The third kappa shape index (κ3) is 3.31. The number of likely N-dealkylation sites (N-methyl/N-ethyl adjacent to an activating group) is 1. The van der Waals surface area contributed by atoms with Crippen molar-refractivity contribution in [3.8, 4) is 0 Å². The highest BCUT2D eigenvalue weighted by Gasteiger charge is 2.16. The summed E-state index contributed by atoms with van der Waals surface area (Å²) in [4.78, 5) is 27.2. The molecule has 0 radical (unpaired) electrons. The average molecular weight is 287 g/mol. The van der Waals surface area contributed by atoms with Crippen molar-refractivity contribution >= 4 is 16.8 Å². The molecule has 0 aliphatic rings. The molecular formula is C16H21N3O2. The fourth-order valence-corrected chi connectivity index (χ4v) is 2.44. The highest BCUT2D eigenvalue weighted by atomic mass is 16.2. The molecule has 1 heterocycles. The van der Waals surface area contributed by atoms with Gasteiger partial charge in [-0.25, -0.2) is 0 Å². The predicted molar refractivity (Wildman–Crippen MR) is 84.8 cm³/mol. The van der Waals surface area contributed by atoms with Crippen LogP contribution in [0.15, 0.2) is 29.1 Å². The quantitative estimate of drug-likeness (QED) is 0.781. The van der Waals surface area contributed by atoms with E-state index in [-0.39, 0.29) is 23.1 Å². The molecule has 2 aromatic rings. The maximum Gasteiger partial charge on any atom is 0.261 e. The number of aromatic nitrogens is 1. The van der Waals surface area contributed by atoms with Gasteiger partial charge in [-0.05, 0) is 32.0 Å². The second-order valence-electron chi connectivity index (χ2n) is 5.17. The van der Waals surface area contributed by atoms with Crippen molar-refractivity contribution in [2.45, 2.75) is 26.8 Å². The summed E-state index contributed by atoms with van der Waals surface area (Å²) in [6, 6.07) is 7.65. The van der Waals surface area contributed by atoms with E-state index in [1.807, 2.05) is 38.1 Å². The van der Waals surface area contributed by atoms with Crippen LogP contribution < -0.4 is 16.2 Å². The molecule has 112 valence electrons. The van der Waals surface area contributed by atoms with Crippen LogP contribution in [0, 0.1) is 6.92 Å². The monoisotopic (exact) mass is 287 g/mol. The van der Waals surface area contributed by atoms with E-state index < -0.39 is 0 Å². The number of benzene rings is 1. The topological polar surface area (TPSA) is 74.0 Å². The van der Waals surface area contributed by atoms with Crippen LogP contribution in [-0.2, 0) is 0 Å². The Bertz CT molecular complexity index is 706. The number of pyridine rings is 1. The Morgan fingerprint density at radius 1 is 1.33 bits per heavy atom. The highest BCUT2D eigenvalue weighted by molar-refractivity contribution is 5.99. The third-order valence-corrected chi connectivity index (χ3v) is 3.53. The summed E-state index contributed by atoms with van der Waals surface area (Å²) in [5, 5.41) is 6.91. The van der Waals surface area contributed by atoms with Gasteiger partial charge in [-0.3, -0.25) is 9.59 Å². The van der Waals surface area contributed by atoms with Gasteiger partial charge in [0.05, 0.1) is 0 Å². The maximum atomic E-state index is 12.3. The standard InChI is InChI=1S/C16H21N3O2/c1-4-17-10(2)9-18-15(20)14-11(3)12-7-5-6-8-13(12)19-16(14)21/h5-8,10,17H,4,9H2,1-3H3,(H,18,20)(H,19,21)/t10-/m1/s1. The average Bonchev–Trinajstić information content (AvgIpc) is 2.45. The molecule has 5 nitrogen and oxygen atoms in total. The van der Waals surface area contributed by atoms with Gasteiger partial charge in [0, 0.05) is 23.5 Å². The van der Waals surface area contributed by atoms with Crippen LogP contribution >= 0.6 is 0 Å². The number of hydrogen-bond donors (Lipinski definition) is 3. The first-order valence-corrected chi connectivity index (χ1v) is 7.17. The Morgan fingerprint density at radius 3 is 2.76 bits per heavy atom. The van der Waals surface area contributed by atoms with Crippen molar-refractivity contribution < 1.29 is 4.79 Å². The molecule has 1 aromatic carbocycles. The molecule has 5 heteroatoms. The summed E-state index contributed by atoms with van der Waals surface area (Å²) in [6.07, 6.45) is 0. The first-order chi connectivity index (χ1) is 10.0. The number of nitrogens with one attached hydrogen (secondary N) is 3. The minimum atomic E-state index is -0.347. The van der Waals surface area contributed by atoms with E-state index in [9.17, 15) is 9.59 Å². The Hall–Kier alpha value is -2.14. The lowest BCUT2D eigenvalue weighted by atomic mass is 10.0. The van der Waals surface area contributed by atoms with Crippen molar-refractivity contribution in [1.29, 1.82) is 0 Å². The zero-order valence-electron chi connectivity index (χ0n) is 12.6. The molecule has 0 saturated heterocycles. The lowest BCUT2D eigenvalue weighted by Gasteiger charge is -2.14. The van der Waals surface area contributed by atoms with Crippen LogP contribution in [0.5, 0.6) is 0 Å². The second kappa shape index (κ2) is 6.54. The number of aromatic amines is 1. The zero-order chi connectivity index (χ0) is 15.4. The summed E-state index contributed by atoms with van der Waals surface area (Å²) >= 11 is 0. The van der Waals surface area contributed by atoms with Gasteiger partial charge in [0.1, 0.15) is 5.56 Å². The minimum Gasteiger partial charge on any atom is -0.350 e. The second-order valence-corrected chi connectivity index (χ2v) is 5.17. The lowest BCUT2D eigenvalue weighted by Crippen LogP contribution is -2.40. The first kappa shape index (κ1) is 15.3. The third-order valence-electron chi connectivity index (χ3n) is 3.53. The molecule has 0 saturated carbocycles. The van der Waals surface area contributed by atoms with Crippen molar-refractivity contribution in [3.05, 3.63) is 45.7 Å². The SMILES string of the molecule is CCN[C@H](C)CNC(=O)c1c(C)c2ccccc2[nH]c1=O. The summed E-state index contributed by atoms with van der Waals surface area (Å²) in [7, 11) is 0. The normalized spacial score (nSPS) is 12.3. The fraction of sp³-hybridized carbons (Fsp3) is 0.375. The van der Waals surface area contributed by atoms with Crippen molar-refractivity contribution in [3.63, 3.8) is 0 Å². The molecule has 0 bridgehead atoms. The van der Waals surface area contributed by atoms with E-state index in [4.69, 9.17) is 0 Å². The molecule has 0 unspecified atom stereocenters. The van der Waals surface area contributed by atoms with E-state index in [1.165, 1.54) is 0 Å². The number of carbonyl (C=O) groups excluding carboxylic acids is 1. The number of H-pyrrole nitrogens is 1. The number of amides is 1.